The summed E-state index contributed by atoms with van der Waals surface area (Å²) < 4.78 is 13.6. The molecule has 1 amide bonds. The Balaban J connectivity index is 2.66. The number of nitrogens with one attached hydrogen (secondary N) is 1. The van der Waals surface area contributed by atoms with Gasteiger partial charge in [-0.3, -0.25) is 4.79 Å². The number of carbonyl (C=O) groups is 1. The van der Waals surface area contributed by atoms with Gasteiger partial charge in [0.2, 0.25) is 5.91 Å². The molecule has 0 saturated carbocycles. The quantitative estimate of drug-likeness (QED) is 0.889. The molecular weight excluding hydrogens is 249 g/mol. The first kappa shape index (κ1) is 11.2. The summed E-state index contributed by atoms with van der Waals surface area (Å²) in [6, 6.07) is 4.40. The Hall–Kier alpha value is -0.900. The lowest BCUT2D eigenvalue weighted by Gasteiger charge is -2.05. The number of amides is 1. The van der Waals surface area contributed by atoms with Crippen LogP contribution in [0.4, 0.5) is 4.39 Å². The monoisotopic (exact) mass is 259 g/mol. The third-order valence-corrected chi connectivity index (χ3v) is 2.58. The summed E-state index contributed by atoms with van der Waals surface area (Å²) in [4.78, 5) is 11.0. The molecule has 0 bridgehead atoms. The standard InChI is InChI=1S/C10H11BrFNO/c1-2-10(14)13-6-7-5-8(12)3-4-9(7)11/h3-5H,2,6H2,1H3,(H,13,14). The fourth-order valence-corrected chi connectivity index (χ4v) is 1.38. The van der Waals surface area contributed by atoms with Gasteiger partial charge in [0.15, 0.2) is 0 Å². The third kappa shape index (κ3) is 3.10. The minimum Gasteiger partial charge on any atom is -0.352 e. The summed E-state index contributed by atoms with van der Waals surface area (Å²) in [5.74, 6) is -0.338. The zero-order valence-electron chi connectivity index (χ0n) is 7.81. The van der Waals surface area contributed by atoms with E-state index in [0.29, 0.717) is 13.0 Å². The zero-order valence-corrected chi connectivity index (χ0v) is 9.40. The summed E-state index contributed by atoms with van der Waals surface area (Å²) in [5.41, 5.74) is 0.742. The van der Waals surface area contributed by atoms with Crippen LogP contribution in [0.25, 0.3) is 0 Å². The Morgan fingerprint density at radius 1 is 1.57 bits per heavy atom. The second-order valence-electron chi connectivity index (χ2n) is 2.87. The van der Waals surface area contributed by atoms with Crippen LogP contribution >= 0.6 is 15.9 Å². The molecule has 0 atom stereocenters. The molecule has 0 spiro atoms. The molecule has 0 heterocycles. The normalized spacial score (nSPS) is 9.93. The third-order valence-electron chi connectivity index (χ3n) is 1.80. The van der Waals surface area contributed by atoms with Crippen LogP contribution in [0.15, 0.2) is 22.7 Å². The molecule has 0 aliphatic rings. The summed E-state index contributed by atoms with van der Waals surface area (Å²) >= 11 is 3.28. The van der Waals surface area contributed by atoms with Crippen molar-refractivity contribution >= 4 is 21.8 Å². The van der Waals surface area contributed by atoms with Gasteiger partial charge in [-0.2, -0.15) is 0 Å². The van der Waals surface area contributed by atoms with Gasteiger partial charge in [-0.15, -0.1) is 0 Å². The first-order valence-corrected chi connectivity index (χ1v) is 5.13. The Bertz CT molecular complexity index is 341. The molecular formula is C10H11BrFNO. The fraction of sp³-hybridized carbons (Fsp3) is 0.300. The van der Waals surface area contributed by atoms with E-state index in [2.05, 4.69) is 21.2 Å². The molecule has 0 aliphatic carbocycles. The molecule has 0 saturated heterocycles. The highest BCUT2D eigenvalue weighted by molar-refractivity contribution is 9.10. The van der Waals surface area contributed by atoms with Gasteiger partial charge in [0.25, 0.3) is 0 Å². The van der Waals surface area contributed by atoms with Gasteiger partial charge in [-0.1, -0.05) is 22.9 Å². The average Bonchev–Trinajstić information content (AvgIpc) is 2.19. The van der Waals surface area contributed by atoms with Gasteiger partial charge in [-0.25, -0.2) is 4.39 Å². The van der Waals surface area contributed by atoms with Crippen LogP contribution in [0.2, 0.25) is 0 Å². The van der Waals surface area contributed by atoms with Gasteiger partial charge in [0.05, 0.1) is 0 Å². The summed E-state index contributed by atoms with van der Waals surface area (Å²) in [6.45, 7) is 2.13. The lowest BCUT2D eigenvalue weighted by molar-refractivity contribution is -0.120. The molecule has 4 heteroatoms. The van der Waals surface area contributed by atoms with Gasteiger partial charge in [0, 0.05) is 17.4 Å². The topological polar surface area (TPSA) is 29.1 Å². The smallest absolute Gasteiger partial charge is 0.219 e. The summed E-state index contributed by atoms with van der Waals surface area (Å²) in [7, 11) is 0. The Labute approximate surface area is 90.6 Å². The first-order valence-electron chi connectivity index (χ1n) is 4.34. The van der Waals surface area contributed by atoms with Crippen molar-refractivity contribution in [2.24, 2.45) is 0 Å². The molecule has 76 valence electrons. The van der Waals surface area contributed by atoms with E-state index in [1.807, 2.05) is 0 Å². The van der Waals surface area contributed by atoms with Crippen molar-refractivity contribution in [3.63, 3.8) is 0 Å². The SMILES string of the molecule is CCC(=O)NCc1cc(F)ccc1Br. The first-order chi connectivity index (χ1) is 6.63. The van der Waals surface area contributed by atoms with E-state index in [4.69, 9.17) is 0 Å². The van der Waals surface area contributed by atoms with Crippen molar-refractivity contribution in [3.05, 3.63) is 34.1 Å². The minimum absolute atomic E-state index is 0.0406. The van der Waals surface area contributed by atoms with Crippen molar-refractivity contribution in [1.29, 1.82) is 0 Å². The van der Waals surface area contributed by atoms with Crippen molar-refractivity contribution in [2.45, 2.75) is 19.9 Å². The number of benzene rings is 1. The lowest BCUT2D eigenvalue weighted by Crippen LogP contribution is -2.21. The molecule has 0 aliphatic heterocycles. The Morgan fingerprint density at radius 3 is 2.93 bits per heavy atom. The van der Waals surface area contributed by atoms with Crippen molar-refractivity contribution in [2.75, 3.05) is 0 Å². The number of rotatable bonds is 3. The molecule has 0 aromatic heterocycles. The maximum Gasteiger partial charge on any atom is 0.219 e. The molecule has 1 aromatic carbocycles. The fourth-order valence-electron chi connectivity index (χ4n) is 0.998. The molecule has 1 aromatic rings. The van der Waals surface area contributed by atoms with Crippen LogP contribution < -0.4 is 5.32 Å². The lowest BCUT2D eigenvalue weighted by atomic mass is 10.2. The highest BCUT2D eigenvalue weighted by atomic mass is 79.9. The van der Waals surface area contributed by atoms with Gasteiger partial charge in [-0.05, 0) is 23.8 Å². The van der Waals surface area contributed by atoms with Crippen LogP contribution in [0.3, 0.4) is 0 Å². The molecule has 1 N–H and O–H groups in total. The second kappa shape index (κ2) is 5.10. The van der Waals surface area contributed by atoms with Crippen molar-refractivity contribution in [3.8, 4) is 0 Å². The zero-order chi connectivity index (χ0) is 10.6. The van der Waals surface area contributed by atoms with Crippen LogP contribution in [-0.2, 0) is 11.3 Å². The van der Waals surface area contributed by atoms with Gasteiger partial charge in [0.1, 0.15) is 5.82 Å². The van der Waals surface area contributed by atoms with E-state index < -0.39 is 0 Å². The van der Waals surface area contributed by atoms with Crippen LogP contribution in [0.5, 0.6) is 0 Å². The van der Waals surface area contributed by atoms with Crippen molar-refractivity contribution in [1.82, 2.24) is 5.32 Å². The predicted octanol–water partition coefficient (Wildman–Crippen LogP) is 2.61. The molecule has 0 unspecified atom stereocenters. The molecule has 2 nitrogen and oxygen atoms in total. The van der Waals surface area contributed by atoms with E-state index in [1.165, 1.54) is 12.1 Å². The predicted molar refractivity (Wildman–Crippen MR) is 56.2 cm³/mol. The number of carbonyl (C=O) groups excluding carboxylic acids is 1. The van der Waals surface area contributed by atoms with Gasteiger partial charge < -0.3 is 5.32 Å². The summed E-state index contributed by atoms with van der Waals surface area (Å²) in [6.07, 6.45) is 0.437. The van der Waals surface area contributed by atoms with Crippen LogP contribution in [0, 0.1) is 5.82 Å². The maximum absolute atomic E-state index is 12.8. The highest BCUT2D eigenvalue weighted by Crippen LogP contribution is 2.17. The molecule has 14 heavy (non-hydrogen) atoms. The second-order valence-corrected chi connectivity index (χ2v) is 3.72. The minimum atomic E-state index is -0.297. The number of hydrogen-bond acceptors (Lipinski definition) is 1. The highest BCUT2D eigenvalue weighted by Gasteiger charge is 2.03. The molecule has 0 fully saturated rings. The number of halogens is 2. The Kier molecular flexibility index (Phi) is 4.07. The van der Waals surface area contributed by atoms with E-state index >= 15 is 0 Å². The number of hydrogen-bond donors (Lipinski definition) is 1. The van der Waals surface area contributed by atoms with Crippen molar-refractivity contribution < 1.29 is 9.18 Å². The van der Waals surface area contributed by atoms with E-state index in [9.17, 15) is 9.18 Å². The largest absolute Gasteiger partial charge is 0.352 e. The van der Waals surface area contributed by atoms with Crippen LogP contribution in [0.1, 0.15) is 18.9 Å². The van der Waals surface area contributed by atoms with Gasteiger partial charge >= 0.3 is 0 Å². The summed E-state index contributed by atoms with van der Waals surface area (Å²) in [5, 5.41) is 2.68. The van der Waals surface area contributed by atoms with E-state index in [1.54, 1.807) is 13.0 Å². The maximum atomic E-state index is 12.8. The Morgan fingerprint density at radius 2 is 2.29 bits per heavy atom. The van der Waals surface area contributed by atoms with E-state index in [-0.39, 0.29) is 11.7 Å². The average molecular weight is 260 g/mol. The molecule has 0 radical (unpaired) electrons. The molecule has 1 rings (SSSR count). The van der Waals surface area contributed by atoms with Crippen LogP contribution in [-0.4, -0.2) is 5.91 Å². The van der Waals surface area contributed by atoms with E-state index in [0.717, 1.165) is 10.0 Å².